The fourth-order valence-corrected chi connectivity index (χ4v) is 3.58. The summed E-state index contributed by atoms with van der Waals surface area (Å²) >= 11 is 5.93. The van der Waals surface area contributed by atoms with Crippen molar-refractivity contribution in [1.82, 2.24) is 10.6 Å². The maximum Gasteiger partial charge on any atom is 0.331 e. The number of amides is 1. The van der Waals surface area contributed by atoms with Crippen molar-refractivity contribution >= 4 is 23.5 Å². The maximum absolute atomic E-state index is 12.4. The van der Waals surface area contributed by atoms with Crippen LogP contribution >= 0.6 is 11.6 Å². The van der Waals surface area contributed by atoms with Crippen molar-refractivity contribution < 1.29 is 14.3 Å². The molecule has 138 valence electrons. The molecule has 1 unspecified atom stereocenters. The molecule has 6 heteroatoms. The number of ether oxygens (including phenoxy) is 1. The lowest BCUT2D eigenvalue weighted by molar-refractivity contribution is -0.152. The SMILES string of the molecule is CCC(NCC(=O)NC1(C(=O)OC)CCCCC1)c1ccc(Cl)cc1. The molecule has 0 bridgehead atoms. The van der Waals surface area contributed by atoms with Crippen molar-refractivity contribution in [3.05, 3.63) is 34.9 Å². The zero-order valence-corrected chi connectivity index (χ0v) is 15.7. The fourth-order valence-electron chi connectivity index (χ4n) is 3.45. The average molecular weight is 367 g/mol. The second-order valence-corrected chi connectivity index (χ2v) is 7.01. The van der Waals surface area contributed by atoms with Crippen LogP contribution in [0.2, 0.25) is 5.02 Å². The summed E-state index contributed by atoms with van der Waals surface area (Å²) < 4.78 is 4.93. The lowest BCUT2D eigenvalue weighted by Gasteiger charge is -2.35. The van der Waals surface area contributed by atoms with Gasteiger partial charge in [-0.15, -0.1) is 0 Å². The Morgan fingerprint density at radius 1 is 1.20 bits per heavy atom. The number of carbonyl (C=O) groups excluding carboxylic acids is 2. The van der Waals surface area contributed by atoms with E-state index in [4.69, 9.17) is 16.3 Å². The van der Waals surface area contributed by atoms with Gasteiger partial charge in [0.25, 0.3) is 0 Å². The van der Waals surface area contributed by atoms with E-state index in [0.717, 1.165) is 31.2 Å². The minimum absolute atomic E-state index is 0.0587. The van der Waals surface area contributed by atoms with Crippen molar-refractivity contribution in [3.8, 4) is 0 Å². The molecule has 0 radical (unpaired) electrons. The van der Waals surface area contributed by atoms with Gasteiger partial charge in [0.05, 0.1) is 13.7 Å². The predicted molar refractivity (Wildman–Crippen MR) is 98.5 cm³/mol. The van der Waals surface area contributed by atoms with Gasteiger partial charge < -0.3 is 15.4 Å². The summed E-state index contributed by atoms with van der Waals surface area (Å²) in [5, 5.41) is 6.88. The van der Waals surface area contributed by atoms with Crippen molar-refractivity contribution in [3.63, 3.8) is 0 Å². The molecule has 5 nitrogen and oxygen atoms in total. The first-order valence-electron chi connectivity index (χ1n) is 8.89. The van der Waals surface area contributed by atoms with Gasteiger partial charge in [0.15, 0.2) is 0 Å². The molecule has 1 aliphatic carbocycles. The number of carbonyl (C=O) groups is 2. The highest BCUT2D eigenvalue weighted by Crippen LogP contribution is 2.29. The summed E-state index contributed by atoms with van der Waals surface area (Å²) in [7, 11) is 1.37. The Morgan fingerprint density at radius 3 is 2.40 bits per heavy atom. The number of hydrogen-bond acceptors (Lipinski definition) is 4. The Hall–Kier alpha value is -1.59. The van der Waals surface area contributed by atoms with Gasteiger partial charge in [-0.3, -0.25) is 4.79 Å². The third kappa shape index (κ3) is 5.19. The molecule has 1 atom stereocenters. The lowest BCUT2D eigenvalue weighted by Crippen LogP contribution is -2.57. The van der Waals surface area contributed by atoms with Crippen LogP contribution in [0.1, 0.15) is 57.1 Å². The van der Waals surface area contributed by atoms with E-state index in [0.29, 0.717) is 17.9 Å². The third-order valence-electron chi connectivity index (χ3n) is 4.85. The molecule has 0 aliphatic heterocycles. The van der Waals surface area contributed by atoms with Crippen LogP contribution in [0.5, 0.6) is 0 Å². The van der Waals surface area contributed by atoms with Crippen LogP contribution in [0, 0.1) is 0 Å². The second kappa shape index (κ2) is 9.20. The number of halogens is 1. The molecule has 25 heavy (non-hydrogen) atoms. The first-order chi connectivity index (χ1) is 12.0. The predicted octanol–water partition coefficient (Wildman–Crippen LogP) is 3.37. The molecule has 2 N–H and O–H groups in total. The van der Waals surface area contributed by atoms with Crippen LogP contribution in [0.15, 0.2) is 24.3 Å². The Morgan fingerprint density at radius 2 is 1.84 bits per heavy atom. The van der Waals surface area contributed by atoms with Crippen molar-refractivity contribution in [2.24, 2.45) is 0 Å². The van der Waals surface area contributed by atoms with Gasteiger partial charge in [-0.05, 0) is 37.0 Å². The largest absolute Gasteiger partial charge is 0.467 e. The topological polar surface area (TPSA) is 67.4 Å². The third-order valence-corrected chi connectivity index (χ3v) is 5.10. The summed E-state index contributed by atoms with van der Waals surface area (Å²) in [4.78, 5) is 24.6. The quantitative estimate of drug-likeness (QED) is 0.726. The molecular formula is C19H27ClN2O3. The van der Waals surface area contributed by atoms with Gasteiger partial charge in [0.2, 0.25) is 5.91 Å². The highest BCUT2D eigenvalue weighted by atomic mass is 35.5. The lowest BCUT2D eigenvalue weighted by atomic mass is 9.81. The first-order valence-corrected chi connectivity index (χ1v) is 9.27. The molecule has 0 saturated heterocycles. The van der Waals surface area contributed by atoms with E-state index in [1.807, 2.05) is 24.3 Å². The molecule has 0 aromatic heterocycles. The number of methoxy groups -OCH3 is 1. The number of hydrogen-bond donors (Lipinski definition) is 2. The Kier molecular flexibility index (Phi) is 7.26. The van der Waals surface area contributed by atoms with E-state index in [-0.39, 0.29) is 24.5 Å². The minimum Gasteiger partial charge on any atom is -0.467 e. The van der Waals surface area contributed by atoms with E-state index in [9.17, 15) is 9.59 Å². The highest BCUT2D eigenvalue weighted by Gasteiger charge is 2.41. The van der Waals surface area contributed by atoms with E-state index in [1.165, 1.54) is 7.11 Å². The normalized spacial score (nSPS) is 17.6. The minimum atomic E-state index is -0.867. The van der Waals surface area contributed by atoms with E-state index in [2.05, 4.69) is 17.6 Å². The van der Waals surface area contributed by atoms with Crippen molar-refractivity contribution in [1.29, 1.82) is 0 Å². The molecule has 1 aromatic rings. The molecule has 2 rings (SSSR count). The smallest absolute Gasteiger partial charge is 0.331 e. The van der Waals surface area contributed by atoms with Gasteiger partial charge in [-0.2, -0.15) is 0 Å². The standard InChI is InChI=1S/C19H27ClN2O3/c1-3-16(14-7-9-15(20)10-8-14)21-13-17(23)22-19(18(24)25-2)11-5-4-6-12-19/h7-10,16,21H,3-6,11-13H2,1-2H3,(H,22,23). The van der Waals surface area contributed by atoms with Crippen LogP contribution in [0.4, 0.5) is 0 Å². The van der Waals surface area contributed by atoms with Gasteiger partial charge >= 0.3 is 5.97 Å². The Labute approximate surface area is 154 Å². The zero-order valence-electron chi connectivity index (χ0n) is 14.9. The number of nitrogens with one attached hydrogen (secondary N) is 2. The van der Waals surface area contributed by atoms with Crippen molar-refractivity contribution in [2.75, 3.05) is 13.7 Å². The first kappa shape index (κ1) is 19.7. The molecule has 0 heterocycles. The summed E-state index contributed by atoms with van der Waals surface area (Å²) in [6, 6.07) is 7.66. The van der Waals surface area contributed by atoms with Crippen LogP contribution in [-0.4, -0.2) is 31.1 Å². The molecule has 1 aromatic carbocycles. The number of rotatable bonds is 7. The van der Waals surface area contributed by atoms with Gasteiger partial charge in [0.1, 0.15) is 5.54 Å². The van der Waals surface area contributed by atoms with Crippen LogP contribution < -0.4 is 10.6 Å². The molecule has 1 amide bonds. The van der Waals surface area contributed by atoms with Gasteiger partial charge in [-0.1, -0.05) is 49.9 Å². The van der Waals surface area contributed by atoms with E-state index >= 15 is 0 Å². The summed E-state index contributed by atoms with van der Waals surface area (Å²) in [6.07, 6.45) is 5.05. The highest BCUT2D eigenvalue weighted by molar-refractivity contribution is 6.30. The average Bonchev–Trinajstić information content (AvgIpc) is 2.63. The summed E-state index contributed by atoms with van der Waals surface area (Å²) in [5.41, 5.74) is 0.216. The fraction of sp³-hybridized carbons (Fsp3) is 0.579. The number of esters is 1. The Balaban J connectivity index is 1.95. The van der Waals surface area contributed by atoms with E-state index < -0.39 is 5.54 Å². The van der Waals surface area contributed by atoms with Crippen LogP contribution in [0.25, 0.3) is 0 Å². The zero-order chi connectivity index (χ0) is 18.3. The molecule has 0 spiro atoms. The second-order valence-electron chi connectivity index (χ2n) is 6.58. The molecular weight excluding hydrogens is 340 g/mol. The summed E-state index contributed by atoms with van der Waals surface area (Å²) in [6.45, 7) is 2.21. The van der Waals surface area contributed by atoms with Crippen molar-refractivity contribution in [2.45, 2.75) is 57.0 Å². The molecule has 1 aliphatic rings. The van der Waals surface area contributed by atoms with Crippen LogP contribution in [0.3, 0.4) is 0 Å². The summed E-state index contributed by atoms with van der Waals surface area (Å²) in [5.74, 6) is -0.523. The Bertz CT molecular complexity index is 583. The van der Waals surface area contributed by atoms with Crippen LogP contribution in [-0.2, 0) is 14.3 Å². The van der Waals surface area contributed by atoms with E-state index in [1.54, 1.807) is 0 Å². The number of benzene rings is 1. The van der Waals surface area contributed by atoms with Gasteiger partial charge in [0, 0.05) is 11.1 Å². The molecule has 1 saturated carbocycles. The monoisotopic (exact) mass is 366 g/mol. The maximum atomic E-state index is 12.4. The molecule has 1 fully saturated rings. The van der Waals surface area contributed by atoms with Gasteiger partial charge in [-0.25, -0.2) is 4.79 Å².